The summed E-state index contributed by atoms with van der Waals surface area (Å²) >= 11 is 0. The van der Waals surface area contributed by atoms with E-state index in [1.165, 1.54) is 6.07 Å². The Bertz CT molecular complexity index is 636. The Kier molecular flexibility index (Phi) is 4.48. The number of aromatic hydroxyl groups is 1. The van der Waals surface area contributed by atoms with Crippen LogP contribution in [0.25, 0.3) is 0 Å². The predicted molar refractivity (Wildman–Crippen MR) is 84.1 cm³/mol. The third kappa shape index (κ3) is 3.54. The van der Waals surface area contributed by atoms with Crippen molar-refractivity contribution >= 4 is 11.6 Å². The van der Waals surface area contributed by atoms with E-state index >= 15 is 0 Å². The normalized spacial score (nSPS) is 10.4. The average Bonchev–Trinajstić information content (AvgIpc) is 2.46. The van der Waals surface area contributed by atoms with Crippen LogP contribution in [-0.4, -0.2) is 22.5 Å². The second-order valence-corrected chi connectivity index (χ2v) is 5.06. The van der Waals surface area contributed by atoms with Crippen molar-refractivity contribution in [2.24, 2.45) is 0 Å². The number of nitrogen functional groups attached to an aromatic ring is 1. The van der Waals surface area contributed by atoms with Crippen molar-refractivity contribution in [3.05, 3.63) is 59.2 Å². The quantitative estimate of drug-likeness (QED) is 0.848. The molecule has 0 heterocycles. The van der Waals surface area contributed by atoms with Crippen molar-refractivity contribution < 1.29 is 9.90 Å². The summed E-state index contributed by atoms with van der Waals surface area (Å²) in [6.45, 7) is 4.93. The first kappa shape index (κ1) is 14.9. The van der Waals surface area contributed by atoms with E-state index in [-0.39, 0.29) is 11.7 Å². The number of anilines is 1. The number of hydrogen-bond donors (Lipinski definition) is 2. The van der Waals surface area contributed by atoms with Crippen LogP contribution in [0.4, 0.5) is 5.69 Å². The van der Waals surface area contributed by atoms with Crippen LogP contribution in [0, 0.1) is 6.92 Å². The van der Waals surface area contributed by atoms with Crippen molar-refractivity contribution in [1.82, 2.24) is 4.90 Å². The van der Waals surface area contributed by atoms with Gasteiger partial charge in [-0.25, -0.2) is 0 Å². The monoisotopic (exact) mass is 284 g/mol. The predicted octanol–water partition coefficient (Wildman–Crippen LogP) is 2.95. The van der Waals surface area contributed by atoms with Crippen LogP contribution < -0.4 is 5.73 Å². The number of carbonyl (C=O) groups is 1. The highest BCUT2D eigenvalue weighted by atomic mass is 16.3. The third-order valence-electron chi connectivity index (χ3n) is 3.46. The second kappa shape index (κ2) is 6.31. The topological polar surface area (TPSA) is 66.6 Å². The molecule has 2 rings (SSSR count). The lowest BCUT2D eigenvalue weighted by Crippen LogP contribution is -2.30. The number of phenolic OH excluding ortho intramolecular Hbond substituents is 1. The van der Waals surface area contributed by atoms with Gasteiger partial charge in [0, 0.05) is 24.3 Å². The number of amides is 1. The lowest BCUT2D eigenvalue weighted by atomic mass is 10.1. The smallest absolute Gasteiger partial charge is 0.254 e. The van der Waals surface area contributed by atoms with Crippen LogP contribution in [0.3, 0.4) is 0 Å². The summed E-state index contributed by atoms with van der Waals surface area (Å²) < 4.78 is 0. The second-order valence-electron chi connectivity index (χ2n) is 5.06. The first-order valence-corrected chi connectivity index (χ1v) is 6.94. The first-order valence-electron chi connectivity index (χ1n) is 6.94. The molecule has 4 nitrogen and oxygen atoms in total. The van der Waals surface area contributed by atoms with Crippen molar-refractivity contribution in [1.29, 1.82) is 0 Å². The molecule has 0 unspecified atom stereocenters. The number of benzene rings is 2. The molecular weight excluding hydrogens is 264 g/mol. The van der Waals surface area contributed by atoms with Crippen molar-refractivity contribution in [3.8, 4) is 5.75 Å². The van der Waals surface area contributed by atoms with Crippen LogP contribution in [0.2, 0.25) is 0 Å². The number of aryl methyl sites for hydroxylation is 1. The van der Waals surface area contributed by atoms with E-state index in [2.05, 4.69) is 0 Å². The Labute approximate surface area is 124 Å². The molecule has 3 N–H and O–H groups in total. The van der Waals surface area contributed by atoms with Crippen molar-refractivity contribution in [3.63, 3.8) is 0 Å². The fourth-order valence-corrected chi connectivity index (χ4v) is 2.23. The lowest BCUT2D eigenvalue weighted by molar-refractivity contribution is 0.0752. The minimum absolute atomic E-state index is 0.0353. The van der Waals surface area contributed by atoms with Gasteiger partial charge in [0.15, 0.2) is 0 Å². The van der Waals surface area contributed by atoms with Gasteiger partial charge in [-0.2, -0.15) is 0 Å². The molecule has 0 radical (unpaired) electrons. The molecule has 2 aromatic carbocycles. The molecule has 0 spiro atoms. The fraction of sp³-hybridized carbons (Fsp3) is 0.235. The Morgan fingerprint density at radius 3 is 2.43 bits per heavy atom. The largest absolute Gasteiger partial charge is 0.508 e. The Morgan fingerprint density at radius 1 is 1.19 bits per heavy atom. The van der Waals surface area contributed by atoms with E-state index < -0.39 is 0 Å². The molecule has 21 heavy (non-hydrogen) atoms. The maximum atomic E-state index is 12.6. The van der Waals surface area contributed by atoms with E-state index in [1.54, 1.807) is 17.0 Å². The van der Waals surface area contributed by atoms with Gasteiger partial charge in [-0.3, -0.25) is 4.79 Å². The van der Waals surface area contributed by atoms with E-state index in [4.69, 9.17) is 5.73 Å². The average molecular weight is 284 g/mol. The molecule has 0 fully saturated rings. The number of rotatable bonds is 4. The van der Waals surface area contributed by atoms with E-state index in [0.29, 0.717) is 24.3 Å². The Balaban J connectivity index is 2.20. The minimum Gasteiger partial charge on any atom is -0.508 e. The Hall–Kier alpha value is -2.49. The van der Waals surface area contributed by atoms with Crippen molar-refractivity contribution in [2.45, 2.75) is 20.4 Å². The summed E-state index contributed by atoms with van der Waals surface area (Å²) in [5.41, 5.74) is 8.81. The highest BCUT2D eigenvalue weighted by molar-refractivity contribution is 5.95. The van der Waals surface area contributed by atoms with Gasteiger partial charge in [-0.1, -0.05) is 12.1 Å². The summed E-state index contributed by atoms with van der Waals surface area (Å²) in [6, 6.07) is 12.3. The molecule has 2 aromatic rings. The summed E-state index contributed by atoms with van der Waals surface area (Å²) in [5.74, 6) is 0.137. The molecular formula is C17H20N2O2. The van der Waals surface area contributed by atoms with Crippen LogP contribution in [-0.2, 0) is 6.54 Å². The Morgan fingerprint density at radius 2 is 1.86 bits per heavy atom. The number of nitrogens with two attached hydrogens (primary N) is 1. The van der Waals surface area contributed by atoms with Gasteiger partial charge in [0.2, 0.25) is 0 Å². The van der Waals surface area contributed by atoms with Crippen LogP contribution >= 0.6 is 0 Å². The molecule has 0 aliphatic heterocycles. The highest BCUT2D eigenvalue weighted by Gasteiger charge is 2.16. The maximum absolute atomic E-state index is 12.6. The summed E-state index contributed by atoms with van der Waals surface area (Å²) in [7, 11) is 0. The fourth-order valence-electron chi connectivity index (χ4n) is 2.23. The molecule has 0 aliphatic rings. The summed E-state index contributed by atoms with van der Waals surface area (Å²) in [4.78, 5) is 14.4. The molecule has 110 valence electrons. The molecule has 0 aromatic heterocycles. The standard InChI is InChI=1S/C17H20N2O2/c1-3-19(11-13-4-6-14(18)7-5-13)17(21)16-9-8-15(20)10-12(16)2/h4-10,20H,3,11,18H2,1-2H3. The lowest BCUT2D eigenvalue weighted by Gasteiger charge is -2.22. The van der Waals surface area contributed by atoms with Gasteiger partial charge in [0.05, 0.1) is 0 Å². The summed E-state index contributed by atoms with van der Waals surface area (Å²) in [6.07, 6.45) is 0. The zero-order valence-electron chi connectivity index (χ0n) is 12.3. The molecule has 0 aliphatic carbocycles. The van der Waals surface area contributed by atoms with Gasteiger partial charge in [-0.15, -0.1) is 0 Å². The highest BCUT2D eigenvalue weighted by Crippen LogP contribution is 2.18. The van der Waals surface area contributed by atoms with E-state index in [1.807, 2.05) is 38.1 Å². The zero-order chi connectivity index (χ0) is 15.4. The third-order valence-corrected chi connectivity index (χ3v) is 3.46. The minimum atomic E-state index is -0.0353. The van der Waals surface area contributed by atoms with Crippen LogP contribution in [0.1, 0.15) is 28.4 Å². The maximum Gasteiger partial charge on any atom is 0.254 e. The van der Waals surface area contributed by atoms with Gasteiger partial charge < -0.3 is 15.7 Å². The zero-order valence-corrected chi connectivity index (χ0v) is 12.3. The SMILES string of the molecule is CCN(Cc1ccc(N)cc1)C(=O)c1ccc(O)cc1C. The van der Waals surface area contributed by atoms with Crippen LogP contribution in [0.15, 0.2) is 42.5 Å². The van der Waals surface area contributed by atoms with Crippen LogP contribution in [0.5, 0.6) is 5.75 Å². The van der Waals surface area contributed by atoms with Gasteiger partial charge in [0.1, 0.15) is 5.75 Å². The van der Waals surface area contributed by atoms with Gasteiger partial charge in [0.25, 0.3) is 5.91 Å². The summed E-state index contributed by atoms with van der Waals surface area (Å²) in [5, 5.41) is 9.44. The molecule has 1 amide bonds. The van der Waals surface area contributed by atoms with Gasteiger partial charge in [-0.05, 0) is 55.3 Å². The van der Waals surface area contributed by atoms with Crippen molar-refractivity contribution in [2.75, 3.05) is 12.3 Å². The number of phenols is 1. The van der Waals surface area contributed by atoms with Gasteiger partial charge >= 0.3 is 0 Å². The molecule has 0 saturated heterocycles. The van der Waals surface area contributed by atoms with E-state index in [9.17, 15) is 9.90 Å². The molecule has 0 atom stereocenters. The molecule has 0 saturated carbocycles. The first-order chi connectivity index (χ1) is 10.0. The number of hydrogen-bond acceptors (Lipinski definition) is 3. The number of nitrogens with zero attached hydrogens (tertiary/aromatic N) is 1. The van der Waals surface area contributed by atoms with E-state index in [0.717, 1.165) is 11.1 Å². The molecule has 0 bridgehead atoms. The molecule has 4 heteroatoms. The number of carbonyl (C=O) groups excluding carboxylic acids is 1.